The van der Waals surface area contributed by atoms with Crippen LogP contribution in [0.1, 0.15) is 45.1 Å². The molecular weight excluding hydrogens is 332 g/mol. The second-order valence-electron chi connectivity index (χ2n) is 6.00. The first-order chi connectivity index (χ1) is 9.49. The van der Waals surface area contributed by atoms with Crippen LogP contribution in [-0.4, -0.2) is 11.0 Å². The number of thiocarbonyl (C=S) groups is 1. The van der Waals surface area contributed by atoms with Gasteiger partial charge in [-0.2, -0.15) is 0 Å². The summed E-state index contributed by atoms with van der Waals surface area (Å²) in [7, 11) is 0. The van der Waals surface area contributed by atoms with Gasteiger partial charge in [0.05, 0.1) is 0 Å². The van der Waals surface area contributed by atoms with Crippen molar-refractivity contribution in [3.8, 4) is 0 Å². The Morgan fingerprint density at radius 2 is 2.05 bits per heavy atom. The number of nitrogens with two attached hydrogens (primary N) is 1. The smallest absolute Gasteiger partial charge is 0.106 e. The fraction of sp³-hybridized carbons (Fsp3) is 0.562. The zero-order valence-corrected chi connectivity index (χ0v) is 14.6. The van der Waals surface area contributed by atoms with Gasteiger partial charge in [-0.3, -0.25) is 0 Å². The Morgan fingerprint density at radius 3 is 2.70 bits per heavy atom. The van der Waals surface area contributed by atoms with Gasteiger partial charge in [-0.1, -0.05) is 54.8 Å². The summed E-state index contributed by atoms with van der Waals surface area (Å²) in [4.78, 5) is 0.455. The van der Waals surface area contributed by atoms with Crippen molar-refractivity contribution < 1.29 is 0 Å². The van der Waals surface area contributed by atoms with Crippen LogP contribution in [-0.2, 0) is 0 Å². The molecule has 110 valence electrons. The minimum atomic E-state index is 0.455. The van der Waals surface area contributed by atoms with Crippen molar-refractivity contribution in [2.75, 3.05) is 5.32 Å². The van der Waals surface area contributed by atoms with Crippen molar-refractivity contribution in [2.24, 2.45) is 17.6 Å². The molecule has 0 aromatic heterocycles. The third-order valence-corrected chi connectivity index (χ3v) is 4.98. The van der Waals surface area contributed by atoms with E-state index in [1.54, 1.807) is 0 Å². The summed E-state index contributed by atoms with van der Waals surface area (Å²) < 4.78 is 1.05. The minimum Gasteiger partial charge on any atom is -0.389 e. The molecule has 0 radical (unpaired) electrons. The normalized spacial score (nSPS) is 22.8. The van der Waals surface area contributed by atoms with Crippen LogP contribution in [0.4, 0.5) is 5.69 Å². The molecule has 1 fully saturated rings. The molecule has 2 rings (SSSR count). The quantitative estimate of drug-likeness (QED) is 0.768. The lowest BCUT2D eigenvalue weighted by molar-refractivity contribution is 0.254. The van der Waals surface area contributed by atoms with E-state index >= 15 is 0 Å². The van der Waals surface area contributed by atoms with E-state index in [1.807, 2.05) is 12.1 Å². The monoisotopic (exact) mass is 354 g/mol. The number of anilines is 1. The van der Waals surface area contributed by atoms with Crippen LogP contribution in [0.5, 0.6) is 0 Å². The minimum absolute atomic E-state index is 0.455. The van der Waals surface area contributed by atoms with Gasteiger partial charge in [0.1, 0.15) is 4.99 Å². The maximum Gasteiger partial charge on any atom is 0.106 e. The molecule has 20 heavy (non-hydrogen) atoms. The summed E-state index contributed by atoms with van der Waals surface area (Å²) in [5.41, 5.74) is 7.84. The highest BCUT2D eigenvalue weighted by Crippen LogP contribution is 2.33. The van der Waals surface area contributed by atoms with Crippen LogP contribution < -0.4 is 11.1 Å². The van der Waals surface area contributed by atoms with Crippen molar-refractivity contribution in [3.05, 3.63) is 28.2 Å². The van der Waals surface area contributed by atoms with Gasteiger partial charge >= 0.3 is 0 Å². The second kappa shape index (κ2) is 6.90. The summed E-state index contributed by atoms with van der Waals surface area (Å²) in [6.07, 6.45) is 5.19. The van der Waals surface area contributed by atoms with Crippen LogP contribution in [0.25, 0.3) is 0 Å². The van der Waals surface area contributed by atoms with Crippen LogP contribution in [0.15, 0.2) is 22.7 Å². The molecule has 1 aromatic rings. The van der Waals surface area contributed by atoms with Crippen molar-refractivity contribution in [1.82, 2.24) is 0 Å². The van der Waals surface area contributed by atoms with Crippen molar-refractivity contribution in [1.29, 1.82) is 0 Å². The average molecular weight is 355 g/mol. The largest absolute Gasteiger partial charge is 0.389 e. The van der Waals surface area contributed by atoms with Gasteiger partial charge in [0.25, 0.3) is 0 Å². The van der Waals surface area contributed by atoms with Gasteiger partial charge in [0, 0.05) is 21.8 Å². The zero-order valence-electron chi connectivity index (χ0n) is 12.2. The molecule has 1 saturated carbocycles. The first kappa shape index (κ1) is 15.8. The van der Waals surface area contributed by atoms with Crippen LogP contribution in [0.2, 0.25) is 0 Å². The van der Waals surface area contributed by atoms with E-state index in [0.29, 0.717) is 16.9 Å². The molecule has 0 saturated heterocycles. The Labute approximate surface area is 135 Å². The highest BCUT2D eigenvalue weighted by atomic mass is 79.9. The molecule has 1 aliphatic carbocycles. The highest BCUT2D eigenvalue weighted by molar-refractivity contribution is 9.10. The van der Waals surface area contributed by atoms with E-state index in [4.69, 9.17) is 18.0 Å². The number of nitrogens with one attached hydrogen (secondary N) is 1. The molecule has 2 nitrogen and oxygen atoms in total. The lowest BCUT2D eigenvalue weighted by atomic mass is 9.77. The number of rotatable bonds is 4. The molecular formula is C16H23BrN2S. The van der Waals surface area contributed by atoms with Crippen LogP contribution >= 0.6 is 28.1 Å². The van der Waals surface area contributed by atoms with Crippen LogP contribution in [0, 0.1) is 11.8 Å². The molecule has 4 heteroatoms. The van der Waals surface area contributed by atoms with E-state index in [2.05, 4.69) is 41.2 Å². The van der Waals surface area contributed by atoms with Crippen LogP contribution in [0.3, 0.4) is 0 Å². The van der Waals surface area contributed by atoms with Gasteiger partial charge in [-0.25, -0.2) is 0 Å². The maximum atomic E-state index is 5.84. The van der Waals surface area contributed by atoms with E-state index < -0.39 is 0 Å². The predicted molar refractivity (Wildman–Crippen MR) is 94.2 cm³/mol. The van der Waals surface area contributed by atoms with Gasteiger partial charge in [0.2, 0.25) is 0 Å². The summed E-state index contributed by atoms with van der Waals surface area (Å²) >= 11 is 8.69. The molecule has 0 aliphatic heterocycles. The molecule has 3 N–H and O–H groups in total. The lowest BCUT2D eigenvalue weighted by Crippen LogP contribution is -2.35. The number of hydrogen-bond donors (Lipinski definition) is 2. The number of benzene rings is 1. The van der Waals surface area contributed by atoms with Gasteiger partial charge in [0.15, 0.2) is 0 Å². The highest BCUT2D eigenvalue weighted by Gasteiger charge is 2.27. The Kier molecular flexibility index (Phi) is 5.44. The standard InChI is InChI=1S/C16H23BrN2S/c1-10(2)12-5-3-4-6-14(12)19-15-9-11(17)7-8-13(15)16(18)20/h7-10,12,14,19H,3-6H2,1-2H3,(H2,18,20). The second-order valence-corrected chi connectivity index (χ2v) is 7.35. The molecule has 1 aromatic carbocycles. The Balaban J connectivity index is 2.23. The Morgan fingerprint density at radius 1 is 1.35 bits per heavy atom. The summed E-state index contributed by atoms with van der Waals surface area (Å²) in [5, 5.41) is 3.71. The molecule has 2 atom stereocenters. The summed E-state index contributed by atoms with van der Waals surface area (Å²) in [6, 6.07) is 6.58. The average Bonchev–Trinajstić information content (AvgIpc) is 2.38. The van der Waals surface area contributed by atoms with E-state index in [-0.39, 0.29) is 0 Å². The lowest BCUT2D eigenvalue weighted by Gasteiger charge is -2.36. The SMILES string of the molecule is CC(C)C1CCCCC1Nc1cc(Br)ccc1C(N)=S. The fourth-order valence-corrected chi connectivity index (χ4v) is 3.73. The summed E-state index contributed by atoms with van der Waals surface area (Å²) in [6.45, 7) is 4.64. The van der Waals surface area contributed by atoms with Crippen molar-refractivity contribution >= 4 is 38.8 Å². The van der Waals surface area contributed by atoms with E-state index in [9.17, 15) is 0 Å². The van der Waals surface area contributed by atoms with E-state index in [0.717, 1.165) is 21.6 Å². The first-order valence-electron chi connectivity index (χ1n) is 7.35. The third kappa shape index (κ3) is 3.73. The van der Waals surface area contributed by atoms with Crippen molar-refractivity contribution in [3.63, 3.8) is 0 Å². The number of hydrogen-bond acceptors (Lipinski definition) is 2. The molecule has 1 aliphatic rings. The first-order valence-corrected chi connectivity index (χ1v) is 8.55. The fourth-order valence-electron chi connectivity index (χ4n) is 3.19. The van der Waals surface area contributed by atoms with Crippen molar-refractivity contribution in [2.45, 2.75) is 45.6 Å². The van der Waals surface area contributed by atoms with Gasteiger partial charge in [-0.05, 0) is 42.9 Å². The topological polar surface area (TPSA) is 38.0 Å². The molecule has 0 bridgehead atoms. The van der Waals surface area contributed by atoms with Gasteiger partial charge in [-0.15, -0.1) is 0 Å². The Hall–Kier alpha value is -0.610. The maximum absolute atomic E-state index is 5.84. The summed E-state index contributed by atoms with van der Waals surface area (Å²) in [5.74, 6) is 1.43. The molecule has 2 unspecified atom stereocenters. The molecule has 0 spiro atoms. The van der Waals surface area contributed by atoms with E-state index in [1.165, 1.54) is 25.7 Å². The molecule has 0 amide bonds. The van der Waals surface area contributed by atoms with Gasteiger partial charge < -0.3 is 11.1 Å². The predicted octanol–water partition coefficient (Wildman–Crippen LogP) is 4.71. The molecule has 0 heterocycles. The number of halogens is 1. The Bertz CT molecular complexity index is 487. The third-order valence-electron chi connectivity index (χ3n) is 4.26. The zero-order chi connectivity index (χ0) is 14.7.